The molecule has 8 heteroatoms. The lowest BCUT2D eigenvalue weighted by Gasteiger charge is -2.03. The molecular formula is C15H12N4O3S. The van der Waals surface area contributed by atoms with Crippen molar-refractivity contribution in [3.8, 4) is 11.4 Å². The summed E-state index contributed by atoms with van der Waals surface area (Å²) in [6.07, 6.45) is 3.07. The summed E-state index contributed by atoms with van der Waals surface area (Å²) in [5.41, 5.74) is 1.42. The first-order chi connectivity index (χ1) is 11.2. The van der Waals surface area contributed by atoms with Crippen LogP contribution in [0, 0.1) is 0 Å². The van der Waals surface area contributed by atoms with Gasteiger partial charge in [0.05, 0.1) is 18.5 Å². The van der Waals surface area contributed by atoms with Crippen molar-refractivity contribution in [1.82, 2.24) is 15.3 Å². The Balaban J connectivity index is 1.54. The van der Waals surface area contributed by atoms with Gasteiger partial charge in [-0.3, -0.25) is 14.6 Å². The lowest BCUT2D eigenvalue weighted by molar-refractivity contribution is -0.115. The molecule has 0 radical (unpaired) electrons. The molecule has 0 saturated carbocycles. The molecule has 3 aromatic rings. The van der Waals surface area contributed by atoms with Gasteiger partial charge in [0.1, 0.15) is 5.69 Å². The molecule has 3 rings (SSSR count). The number of pyridine rings is 1. The largest absolute Gasteiger partial charge is 0.459 e. The second-order valence-corrected chi connectivity index (χ2v) is 5.32. The van der Waals surface area contributed by atoms with Gasteiger partial charge in [-0.2, -0.15) is 0 Å². The molecule has 2 amide bonds. The zero-order valence-electron chi connectivity index (χ0n) is 11.9. The Labute approximate surface area is 135 Å². The highest BCUT2D eigenvalue weighted by Crippen LogP contribution is 2.22. The molecule has 2 N–H and O–H groups in total. The van der Waals surface area contributed by atoms with E-state index in [2.05, 4.69) is 20.6 Å². The van der Waals surface area contributed by atoms with Crippen molar-refractivity contribution < 1.29 is 14.0 Å². The maximum Gasteiger partial charge on any atom is 0.287 e. The number of hydrogen-bond acceptors (Lipinski definition) is 6. The quantitative estimate of drug-likeness (QED) is 0.748. The normalized spacial score (nSPS) is 10.3. The predicted molar refractivity (Wildman–Crippen MR) is 85.0 cm³/mol. The van der Waals surface area contributed by atoms with Crippen LogP contribution in [0.25, 0.3) is 11.4 Å². The van der Waals surface area contributed by atoms with Crippen molar-refractivity contribution in [2.75, 3.05) is 11.9 Å². The zero-order valence-corrected chi connectivity index (χ0v) is 12.7. The molecular weight excluding hydrogens is 316 g/mol. The molecule has 23 heavy (non-hydrogen) atoms. The van der Waals surface area contributed by atoms with E-state index >= 15 is 0 Å². The van der Waals surface area contributed by atoms with Gasteiger partial charge >= 0.3 is 0 Å². The van der Waals surface area contributed by atoms with Gasteiger partial charge in [-0.05, 0) is 24.3 Å². The molecule has 0 aliphatic carbocycles. The molecule has 0 aliphatic rings. The smallest absolute Gasteiger partial charge is 0.287 e. The van der Waals surface area contributed by atoms with Gasteiger partial charge in [-0.1, -0.05) is 6.07 Å². The first kappa shape index (κ1) is 14.9. The van der Waals surface area contributed by atoms with Crippen LogP contribution in [0.3, 0.4) is 0 Å². The number of nitrogens with zero attached hydrogens (tertiary/aromatic N) is 2. The number of thiazole rings is 1. The maximum absolute atomic E-state index is 11.8. The molecule has 3 heterocycles. The summed E-state index contributed by atoms with van der Waals surface area (Å²) < 4.78 is 4.94. The minimum absolute atomic E-state index is 0.157. The number of hydrogen-bond donors (Lipinski definition) is 2. The number of furan rings is 1. The number of carbonyl (C=O) groups is 2. The van der Waals surface area contributed by atoms with Crippen LogP contribution < -0.4 is 10.6 Å². The lowest BCUT2D eigenvalue weighted by Crippen LogP contribution is -2.32. The summed E-state index contributed by atoms with van der Waals surface area (Å²) in [5.74, 6) is -0.658. The minimum Gasteiger partial charge on any atom is -0.459 e. The van der Waals surface area contributed by atoms with Gasteiger partial charge < -0.3 is 15.1 Å². The molecule has 3 aromatic heterocycles. The van der Waals surface area contributed by atoms with Crippen molar-refractivity contribution >= 4 is 28.3 Å². The Morgan fingerprint density at radius 3 is 2.83 bits per heavy atom. The highest BCUT2D eigenvalue weighted by Gasteiger charge is 2.12. The standard InChI is InChI=1S/C15H12N4O3S/c20-13(8-17-14(21)12-5-3-7-22-12)19-15-18-11(9-23-15)10-4-1-2-6-16-10/h1-7,9H,8H2,(H,17,21)(H,18,19,20). The fraction of sp³-hybridized carbons (Fsp3) is 0.0667. The van der Waals surface area contributed by atoms with Crippen LogP contribution in [0.15, 0.2) is 52.6 Å². The van der Waals surface area contributed by atoms with Crippen molar-refractivity contribution in [3.63, 3.8) is 0 Å². The Hall–Kier alpha value is -3.00. The summed E-state index contributed by atoms with van der Waals surface area (Å²) in [5, 5.41) is 7.34. The number of amides is 2. The van der Waals surface area contributed by atoms with E-state index in [9.17, 15) is 9.59 Å². The van der Waals surface area contributed by atoms with E-state index in [0.717, 1.165) is 5.69 Å². The summed E-state index contributed by atoms with van der Waals surface area (Å²) in [6.45, 7) is -0.169. The first-order valence-electron chi connectivity index (χ1n) is 6.71. The summed E-state index contributed by atoms with van der Waals surface area (Å²) in [7, 11) is 0. The first-order valence-corrected chi connectivity index (χ1v) is 7.59. The second kappa shape index (κ2) is 6.84. The van der Waals surface area contributed by atoms with Crippen molar-refractivity contribution in [1.29, 1.82) is 0 Å². The van der Waals surface area contributed by atoms with Gasteiger partial charge in [0.2, 0.25) is 5.91 Å². The Bertz CT molecular complexity index is 799. The number of carbonyl (C=O) groups excluding carboxylic acids is 2. The maximum atomic E-state index is 11.8. The average molecular weight is 328 g/mol. The molecule has 0 bridgehead atoms. The lowest BCUT2D eigenvalue weighted by atomic mass is 10.3. The molecule has 7 nitrogen and oxygen atoms in total. The topological polar surface area (TPSA) is 97.1 Å². The van der Waals surface area contributed by atoms with Crippen molar-refractivity contribution in [3.05, 3.63) is 53.9 Å². The number of anilines is 1. The van der Waals surface area contributed by atoms with Gasteiger partial charge in [0.15, 0.2) is 10.9 Å². The predicted octanol–water partition coefficient (Wildman–Crippen LogP) is 2.17. The van der Waals surface area contributed by atoms with Gasteiger partial charge in [-0.25, -0.2) is 4.98 Å². The summed E-state index contributed by atoms with van der Waals surface area (Å²) in [4.78, 5) is 32.0. The van der Waals surface area contributed by atoms with Crippen LogP contribution in [0.2, 0.25) is 0 Å². The Morgan fingerprint density at radius 2 is 2.09 bits per heavy atom. The van der Waals surface area contributed by atoms with E-state index in [1.54, 1.807) is 17.6 Å². The summed E-state index contributed by atoms with van der Waals surface area (Å²) in [6, 6.07) is 8.64. The van der Waals surface area contributed by atoms with Crippen LogP contribution in [-0.2, 0) is 4.79 Å². The third-order valence-corrected chi connectivity index (χ3v) is 3.59. The van der Waals surface area contributed by atoms with Crippen LogP contribution in [0.5, 0.6) is 0 Å². The van der Waals surface area contributed by atoms with Crippen molar-refractivity contribution in [2.24, 2.45) is 0 Å². The number of nitrogens with one attached hydrogen (secondary N) is 2. The van der Waals surface area contributed by atoms with E-state index in [-0.39, 0.29) is 18.2 Å². The molecule has 0 aromatic carbocycles. The van der Waals surface area contributed by atoms with Crippen LogP contribution in [0.1, 0.15) is 10.6 Å². The highest BCUT2D eigenvalue weighted by atomic mass is 32.1. The third kappa shape index (κ3) is 3.80. The molecule has 0 aliphatic heterocycles. The third-order valence-electron chi connectivity index (χ3n) is 2.83. The monoisotopic (exact) mass is 328 g/mol. The molecule has 116 valence electrons. The van der Waals surface area contributed by atoms with Crippen molar-refractivity contribution in [2.45, 2.75) is 0 Å². The van der Waals surface area contributed by atoms with E-state index < -0.39 is 5.91 Å². The minimum atomic E-state index is -0.446. The second-order valence-electron chi connectivity index (χ2n) is 4.46. The number of rotatable bonds is 5. The SMILES string of the molecule is O=C(CNC(=O)c1ccco1)Nc1nc(-c2ccccn2)cs1. The zero-order chi connectivity index (χ0) is 16.1. The highest BCUT2D eigenvalue weighted by molar-refractivity contribution is 7.14. The molecule has 0 atom stereocenters. The van der Waals surface area contributed by atoms with E-state index in [1.807, 2.05) is 18.2 Å². The van der Waals surface area contributed by atoms with Gasteiger partial charge in [-0.15, -0.1) is 11.3 Å². The average Bonchev–Trinajstić information content (AvgIpc) is 3.25. The molecule has 0 spiro atoms. The van der Waals surface area contributed by atoms with E-state index in [1.165, 1.54) is 23.7 Å². The van der Waals surface area contributed by atoms with Gasteiger partial charge in [0.25, 0.3) is 5.91 Å². The Kier molecular flexibility index (Phi) is 4.44. The fourth-order valence-electron chi connectivity index (χ4n) is 1.78. The summed E-state index contributed by atoms with van der Waals surface area (Å²) >= 11 is 1.29. The van der Waals surface area contributed by atoms with Crippen LogP contribution >= 0.6 is 11.3 Å². The van der Waals surface area contributed by atoms with Crippen LogP contribution in [0.4, 0.5) is 5.13 Å². The molecule has 0 fully saturated rings. The molecule has 0 saturated heterocycles. The number of aromatic nitrogens is 2. The van der Waals surface area contributed by atoms with E-state index in [0.29, 0.717) is 10.8 Å². The van der Waals surface area contributed by atoms with Crippen LogP contribution in [-0.4, -0.2) is 28.3 Å². The Morgan fingerprint density at radius 1 is 1.17 bits per heavy atom. The van der Waals surface area contributed by atoms with E-state index in [4.69, 9.17) is 4.42 Å². The molecule has 0 unspecified atom stereocenters. The van der Waals surface area contributed by atoms with Gasteiger partial charge in [0, 0.05) is 11.6 Å². The fourth-order valence-corrected chi connectivity index (χ4v) is 2.50.